The first kappa shape index (κ1) is 10.0. The van der Waals surface area contributed by atoms with Gasteiger partial charge in [0.25, 0.3) is 0 Å². The number of aliphatic hydroxyl groups is 1. The standard InChI is InChI=1S/C10H21NO/c1-2-11-7-3-5-10(9-11)6-4-8-12/h10,12H,2-9H2,1H3. The fourth-order valence-corrected chi connectivity index (χ4v) is 2.05. The van der Waals surface area contributed by atoms with E-state index in [2.05, 4.69) is 11.8 Å². The van der Waals surface area contributed by atoms with E-state index in [1.54, 1.807) is 0 Å². The van der Waals surface area contributed by atoms with Gasteiger partial charge in [0.05, 0.1) is 0 Å². The monoisotopic (exact) mass is 171 g/mol. The van der Waals surface area contributed by atoms with Crippen LogP contribution < -0.4 is 0 Å². The highest BCUT2D eigenvalue weighted by atomic mass is 16.2. The van der Waals surface area contributed by atoms with Crippen LogP contribution in [0.25, 0.3) is 0 Å². The Hall–Kier alpha value is -0.0800. The Morgan fingerprint density at radius 1 is 1.50 bits per heavy atom. The van der Waals surface area contributed by atoms with Crippen molar-refractivity contribution in [2.24, 2.45) is 5.92 Å². The minimum absolute atomic E-state index is 0.364. The maximum absolute atomic E-state index is 8.71. The summed E-state index contributed by atoms with van der Waals surface area (Å²) in [6.07, 6.45) is 4.93. The topological polar surface area (TPSA) is 23.5 Å². The SMILES string of the molecule is CCN1CCCC(CCCO)C1. The summed E-state index contributed by atoms with van der Waals surface area (Å²) in [4.78, 5) is 2.52. The van der Waals surface area contributed by atoms with Crippen molar-refractivity contribution in [2.45, 2.75) is 32.6 Å². The van der Waals surface area contributed by atoms with Gasteiger partial charge in [-0.15, -0.1) is 0 Å². The van der Waals surface area contributed by atoms with E-state index in [4.69, 9.17) is 5.11 Å². The van der Waals surface area contributed by atoms with Gasteiger partial charge < -0.3 is 10.0 Å². The summed E-state index contributed by atoms with van der Waals surface area (Å²) in [5.41, 5.74) is 0. The Kier molecular flexibility index (Phi) is 4.62. The van der Waals surface area contributed by atoms with Crippen LogP contribution in [0.4, 0.5) is 0 Å². The quantitative estimate of drug-likeness (QED) is 0.692. The molecule has 1 saturated heterocycles. The molecule has 1 atom stereocenters. The third-order valence-electron chi connectivity index (χ3n) is 2.82. The van der Waals surface area contributed by atoms with Gasteiger partial charge in [0.1, 0.15) is 0 Å². The minimum atomic E-state index is 0.364. The van der Waals surface area contributed by atoms with Gasteiger partial charge in [-0.3, -0.25) is 0 Å². The second-order valence-corrected chi connectivity index (χ2v) is 3.77. The predicted molar refractivity (Wildman–Crippen MR) is 51.2 cm³/mol. The molecule has 0 aromatic carbocycles. The van der Waals surface area contributed by atoms with Crippen LogP contribution in [-0.2, 0) is 0 Å². The van der Waals surface area contributed by atoms with Gasteiger partial charge >= 0.3 is 0 Å². The molecule has 0 aliphatic carbocycles. The zero-order valence-electron chi connectivity index (χ0n) is 8.13. The van der Waals surface area contributed by atoms with Crippen molar-refractivity contribution in [1.29, 1.82) is 0 Å². The van der Waals surface area contributed by atoms with Gasteiger partial charge in [0.15, 0.2) is 0 Å². The molecule has 0 aromatic rings. The van der Waals surface area contributed by atoms with Gasteiger partial charge in [-0.25, -0.2) is 0 Å². The summed E-state index contributed by atoms with van der Waals surface area (Å²) in [7, 11) is 0. The lowest BCUT2D eigenvalue weighted by Gasteiger charge is -2.31. The molecule has 0 saturated carbocycles. The Morgan fingerprint density at radius 2 is 2.33 bits per heavy atom. The van der Waals surface area contributed by atoms with Crippen molar-refractivity contribution >= 4 is 0 Å². The summed E-state index contributed by atoms with van der Waals surface area (Å²) in [6.45, 7) is 6.33. The fourth-order valence-electron chi connectivity index (χ4n) is 2.05. The molecular weight excluding hydrogens is 150 g/mol. The second kappa shape index (κ2) is 5.55. The average molecular weight is 171 g/mol. The molecule has 0 spiro atoms. The first-order chi connectivity index (χ1) is 5.86. The highest BCUT2D eigenvalue weighted by Gasteiger charge is 2.17. The van der Waals surface area contributed by atoms with Crippen molar-refractivity contribution in [3.63, 3.8) is 0 Å². The maximum Gasteiger partial charge on any atom is 0.0431 e. The van der Waals surface area contributed by atoms with Gasteiger partial charge in [-0.1, -0.05) is 6.92 Å². The van der Waals surface area contributed by atoms with Crippen LogP contribution in [0, 0.1) is 5.92 Å². The number of rotatable bonds is 4. The van der Waals surface area contributed by atoms with E-state index < -0.39 is 0 Å². The smallest absolute Gasteiger partial charge is 0.0431 e. The Balaban J connectivity index is 2.16. The summed E-state index contributed by atoms with van der Waals surface area (Å²) in [5.74, 6) is 0.853. The van der Waals surface area contributed by atoms with Crippen molar-refractivity contribution < 1.29 is 5.11 Å². The van der Waals surface area contributed by atoms with Crippen molar-refractivity contribution in [2.75, 3.05) is 26.2 Å². The average Bonchev–Trinajstić information content (AvgIpc) is 2.15. The molecule has 12 heavy (non-hydrogen) atoms. The summed E-state index contributed by atoms with van der Waals surface area (Å²) >= 11 is 0. The number of nitrogens with zero attached hydrogens (tertiary/aromatic N) is 1. The number of piperidine rings is 1. The fraction of sp³-hybridized carbons (Fsp3) is 1.00. The third-order valence-corrected chi connectivity index (χ3v) is 2.82. The van der Waals surface area contributed by atoms with E-state index in [1.807, 2.05) is 0 Å². The van der Waals surface area contributed by atoms with Gasteiger partial charge in [-0.2, -0.15) is 0 Å². The summed E-state index contributed by atoms with van der Waals surface area (Å²) in [5, 5.41) is 8.71. The summed E-state index contributed by atoms with van der Waals surface area (Å²) < 4.78 is 0. The van der Waals surface area contributed by atoms with Crippen LogP contribution in [-0.4, -0.2) is 36.2 Å². The van der Waals surface area contributed by atoms with Crippen LogP contribution in [0.15, 0.2) is 0 Å². The zero-order chi connectivity index (χ0) is 8.81. The molecule has 1 rings (SSSR count). The van der Waals surface area contributed by atoms with Crippen LogP contribution in [0.2, 0.25) is 0 Å². The number of aliphatic hydroxyl groups excluding tert-OH is 1. The second-order valence-electron chi connectivity index (χ2n) is 3.77. The van der Waals surface area contributed by atoms with Crippen molar-refractivity contribution in [1.82, 2.24) is 4.90 Å². The van der Waals surface area contributed by atoms with Crippen molar-refractivity contribution in [3.05, 3.63) is 0 Å². The van der Waals surface area contributed by atoms with E-state index in [9.17, 15) is 0 Å². The van der Waals surface area contributed by atoms with Crippen molar-refractivity contribution in [3.8, 4) is 0 Å². The zero-order valence-corrected chi connectivity index (χ0v) is 8.13. The Labute approximate surface area is 75.6 Å². The lowest BCUT2D eigenvalue weighted by molar-refractivity contribution is 0.166. The molecule has 72 valence electrons. The Morgan fingerprint density at radius 3 is 3.00 bits per heavy atom. The van der Waals surface area contributed by atoms with E-state index in [0.717, 1.165) is 12.3 Å². The van der Waals surface area contributed by atoms with Crippen LogP contribution in [0.3, 0.4) is 0 Å². The maximum atomic E-state index is 8.71. The van der Waals surface area contributed by atoms with E-state index in [1.165, 1.54) is 38.9 Å². The summed E-state index contributed by atoms with van der Waals surface area (Å²) in [6, 6.07) is 0. The lowest BCUT2D eigenvalue weighted by Crippen LogP contribution is -2.35. The lowest BCUT2D eigenvalue weighted by atomic mass is 9.94. The molecule has 0 bridgehead atoms. The van der Waals surface area contributed by atoms with Crippen LogP contribution >= 0.6 is 0 Å². The highest BCUT2D eigenvalue weighted by Crippen LogP contribution is 2.20. The first-order valence-corrected chi connectivity index (χ1v) is 5.20. The van der Waals surface area contributed by atoms with Gasteiger partial charge in [-0.05, 0) is 44.7 Å². The molecule has 2 nitrogen and oxygen atoms in total. The van der Waals surface area contributed by atoms with E-state index in [-0.39, 0.29) is 0 Å². The number of likely N-dealkylation sites (tertiary alicyclic amines) is 1. The molecule has 0 amide bonds. The normalized spacial score (nSPS) is 26.0. The molecule has 1 N–H and O–H groups in total. The number of hydrogen-bond donors (Lipinski definition) is 1. The van der Waals surface area contributed by atoms with Gasteiger partial charge in [0, 0.05) is 13.2 Å². The van der Waals surface area contributed by atoms with Crippen LogP contribution in [0.1, 0.15) is 32.6 Å². The Bertz CT molecular complexity index is 116. The first-order valence-electron chi connectivity index (χ1n) is 5.20. The molecule has 1 unspecified atom stereocenters. The van der Waals surface area contributed by atoms with E-state index >= 15 is 0 Å². The molecule has 1 fully saturated rings. The molecular formula is C10H21NO. The third kappa shape index (κ3) is 3.11. The highest BCUT2D eigenvalue weighted by molar-refractivity contribution is 4.71. The molecule has 0 aromatic heterocycles. The predicted octanol–water partition coefficient (Wildman–Crippen LogP) is 1.49. The van der Waals surface area contributed by atoms with Crippen LogP contribution in [0.5, 0.6) is 0 Å². The molecule has 1 heterocycles. The number of hydrogen-bond acceptors (Lipinski definition) is 2. The minimum Gasteiger partial charge on any atom is -0.396 e. The molecule has 1 aliphatic heterocycles. The molecule has 2 heteroatoms. The largest absolute Gasteiger partial charge is 0.396 e. The molecule has 0 radical (unpaired) electrons. The van der Waals surface area contributed by atoms with E-state index in [0.29, 0.717) is 6.61 Å². The van der Waals surface area contributed by atoms with Gasteiger partial charge in [0.2, 0.25) is 0 Å². The molecule has 1 aliphatic rings.